The molecule has 2 aromatic rings. The van der Waals surface area contributed by atoms with E-state index < -0.39 is 0 Å². The molecule has 1 aromatic carbocycles. The van der Waals surface area contributed by atoms with Gasteiger partial charge >= 0.3 is 0 Å². The van der Waals surface area contributed by atoms with Gasteiger partial charge in [0.2, 0.25) is 0 Å². The second-order valence-electron chi connectivity index (χ2n) is 4.44. The fraction of sp³-hybridized carbons (Fsp3) is 0.286. The minimum atomic E-state index is 0.674. The number of ether oxygens (including phenoxy) is 1. The highest BCUT2D eigenvalue weighted by Crippen LogP contribution is 2.17. The zero-order valence-corrected chi connectivity index (χ0v) is 11.7. The van der Waals surface area contributed by atoms with E-state index in [9.17, 15) is 0 Å². The molecule has 3 rings (SSSR count). The van der Waals surface area contributed by atoms with Gasteiger partial charge in [-0.05, 0) is 12.1 Å². The van der Waals surface area contributed by atoms with Crippen molar-refractivity contribution in [2.75, 3.05) is 26.3 Å². The Labute approximate surface area is 122 Å². The molecule has 0 atom stereocenters. The summed E-state index contributed by atoms with van der Waals surface area (Å²) in [4.78, 5) is 4.09. The zero-order chi connectivity index (χ0) is 13.8. The lowest BCUT2D eigenvalue weighted by molar-refractivity contribution is 0.0392. The van der Waals surface area contributed by atoms with E-state index in [2.05, 4.69) is 4.98 Å². The maximum absolute atomic E-state index is 6.30. The van der Waals surface area contributed by atoms with E-state index in [4.69, 9.17) is 21.4 Å². The Morgan fingerprint density at radius 3 is 2.75 bits per heavy atom. The molecule has 1 aromatic heterocycles. The molecule has 1 fully saturated rings. The van der Waals surface area contributed by atoms with Crippen LogP contribution >= 0.6 is 11.6 Å². The Morgan fingerprint density at radius 1 is 1.25 bits per heavy atom. The van der Waals surface area contributed by atoms with Gasteiger partial charge in [-0.1, -0.05) is 23.7 Å². The van der Waals surface area contributed by atoms with E-state index in [1.165, 1.54) is 0 Å². The first-order chi connectivity index (χ1) is 9.84. The van der Waals surface area contributed by atoms with E-state index in [0.29, 0.717) is 18.2 Å². The highest BCUT2D eigenvalue weighted by atomic mass is 35.5. The molecule has 2 heterocycles. The van der Waals surface area contributed by atoms with Crippen LogP contribution in [0.15, 0.2) is 48.1 Å². The third kappa shape index (κ3) is 2.84. The monoisotopic (exact) mass is 290 g/mol. The van der Waals surface area contributed by atoms with E-state index >= 15 is 0 Å². The Hall–Kier alpha value is -1.85. The number of hydrazone groups is 1. The molecule has 6 heteroatoms. The number of rotatable bonds is 2. The smallest absolute Gasteiger partial charge is 0.166 e. The number of hydrogen-bond donors (Lipinski definition) is 0. The van der Waals surface area contributed by atoms with Crippen molar-refractivity contribution in [2.24, 2.45) is 5.10 Å². The summed E-state index contributed by atoms with van der Waals surface area (Å²) >= 11 is 6.30. The maximum Gasteiger partial charge on any atom is 0.166 e. The van der Waals surface area contributed by atoms with Gasteiger partial charge in [-0.15, -0.1) is 0 Å². The van der Waals surface area contributed by atoms with Crippen LogP contribution in [-0.4, -0.2) is 46.7 Å². The Bertz CT molecular complexity index is 591. The molecule has 0 N–H and O–H groups in total. The molecule has 0 saturated carbocycles. The van der Waals surface area contributed by atoms with Crippen LogP contribution in [0.25, 0.3) is 0 Å². The summed E-state index contributed by atoms with van der Waals surface area (Å²) in [6, 6.07) is 7.68. The molecule has 1 saturated heterocycles. The number of imidazole rings is 1. The molecule has 5 nitrogen and oxygen atoms in total. The number of hydrogen-bond acceptors (Lipinski definition) is 4. The Morgan fingerprint density at radius 2 is 2.05 bits per heavy atom. The van der Waals surface area contributed by atoms with Gasteiger partial charge in [0, 0.05) is 18.0 Å². The third-order valence-corrected chi connectivity index (χ3v) is 3.42. The van der Waals surface area contributed by atoms with Crippen molar-refractivity contribution in [1.29, 1.82) is 0 Å². The van der Waals surface area contributed by atoms with Crippen LogP contribution in [0.3, 0.4) is 0 Å². The van der Waals surface area contributed by atoms with Crippen molar-refractivity contribution >= 4 is 17.4 Å². The van der Waals surface area contributed by atoms with Gasteiger partial charge in [0.15, 0.2) is 5.84 Å². The molecule has 0 aliphatic carbocycles. The fourth-order valence-electron chi connectivity index (χ4n) is 2.06. The van der Waals surface area contributed by atoms with Crippen LogP contribution in [-0.2, 0) is 4.74 Å². The van der Waals surface area contributed by atoms with Gasteiger partial charge in [0.1, 0.15) is 6.33 Å². The van der Waals surface area contributed by atoms with Crippen molar-refractivity contribution in [3.8, 4) is 0 Å². The minimum absolute atomic E-state index is 0.674. The number of benzene rings is 1. The largest absolute Gasteiger partial charge is 0.378 e. The number of aromatic nitrogens is 2. The molecule has 0 spiro atoms. The lowest BCUT2D eigenvalue weighted by Crippen LogP contribution is -2.34. The Balaban J connectivity index is 2.00. The Kier molecular flexibility index (Phi) is 3.99. The van der Waals surface area contributed by atoms with Crippen molar-refractivity contribution in [3.63, 3.8) is 0 Å². The third-order valence-electron chi connectivity index (χ3n) is 3.09. The van der Waals surface area contributed by atoms with E-state index in [0.717, 1.165) is 24.5 Å². The van der Waals surface area contributed by atoms with Crippen LogP contribution < -0.4 is 0 Å². The zero-order valence-electron chi connectivity index (χ0n) is 10.9. The predicted molar refractivity (Wildman–Crippen MR) is 78.0 cm³/mol. The summed E-state index contributed by atoms with van der Waals surface area (Å²) in [5, 5.41) is 7.39. The molecular weight excluding hydrogens is 276 g/mol. The molecule has 0 bridgehead atoms. The predicted octanol–water partition coefficient (Wildman–Crippen LogP) is 2.08. The standard InChI is InChI=1S/C14H15ClN4O/c15-13-4-2-1-3-12(13)14(18-6-5-16-11-18)17-19-7-9-20-10-8-19/h1-6,11H,7-10H2/b17-14-. The lowest BCUT2D eigenvalue weighted by Gasteiger charge is -2.25. The normalized spacial score (nSPS) is 16.4. The van der Waals surface area contributed by atoms with E-state index in [1.807, 2.05) is 40.0 Å². The summed E-state index contributed by atoms with van der Waals surface area (Å²) in [6.07, 6.45) is 5.32. The summed E-state index contributed by atoms with van der Waals surface area (Å²) in [5.74, 6) is 0.773. The van der Waals surface area contributed by atoms with Crippen LogP contribution in [0.5, 0.6) is 0 Å². The molecule has 0 radical (unpaired) electrons. The molecule has 0 amide bonds. The van der Waals surface area contributed by atoms with Crippen LogP contribution in [0, 0.1) is 0 Å². The van der Waals surface area contributed by atoms with Gasteiger partial charge in [0.05, 0.1) is 31.3 Å². The molecule has 104 valence electrons. The lowest BCUT2D eigenvalue weighted by atomic mass is 10.2. The van der Waals surface area contributed by atoms with Gasteiger partial charge in [-0.3, -0.25) is 9.58 Å². The first-order valence-corrected chi connectivity index (χ1v) is 6.87. The summed E-state index contributed by atoms with van der Waals surface area (Å²) in [7, 11) is 0. The number of morpholine rings is 1. The summed E-state index contributed by atoms with van der Waals surface area (Å²) in [6.45, 7) is 2.96. The minimum Gasteiger partial charge on any atom is -0.378 e. The maximum atomic E-state index is 6.30. The van der Waals surface area contributed by atoms with Crippen LogP contribution in [0.4, 0.5) is 0 Å². The van der Waals surface area contributed by atoms with Gasteiger partial charge < -0.3 is 4.74 Å². The second kappa shape index (κ2) is 6.07. The number of nitrogens with zero attached hydrogens (tertiary/aromatic N) is 4. The fourth-order valence-corrected chi connectivity index (χ4v) is 2.28. The van der Waals surface area contributed by atoms with Crippen molar-refractivity contribution in [1.82, 2.24) is 14.6 Å². The molecular formula is C14H15ClN4O. The SMILES string of the molecule is Clc1ccccc1/C(=N/N1CCOCC1)n1ccnc1. The first kappa shape index (κ1) is 13.1. The number of halogens is 1. The summed E-state index contributed by atoms with van der Waals surface area (Å²) in [5.41, 5.74) is 0.888. The highest BCUT2D eigenvalue weighted by Gasteiger charge is 2.14. The van der Waals surface area contributed by atoms with Gasteiger partial charge in [0.25, 0.3) is 0 Å². The highest BCUT2D eigenvalue weighted by molar-refractivity contribution is 6.34. The molecule has 1 aliphatic heterocycles. The molecule has 1 aliphatic rings. The molecule has 20 heavy (non-hydrogen) atoms. The van der Waals surface area contributed by atoms with Crippen molar-refractivity contribution in [2.45, 2.75) is 0 Å². The van der Waals surface area contributed by atoms with E-state index in [-0.39, 0.29) is 0 Å². The average Bonchev–Trinajstić information content (AvgIpc) is 3.01. The van der Waals surface area contributed by atoms with Crippen molar-refractivity contribution < 1.29 is 4.74 Å². The van der Waals surface area contributed by atoms with Gasteiger partial charge in [-0.25, -0.2) is 4.98 Å². The average molecular weight is 291 g/mol. The second-order valence-corrected chi connectivity index (χ2v) is 4.85. The quantitative estimate of drug-likeness (QED) is 0.628. The topological polar surface area (TPSA) is 42.6 Å². The van der Waals surface area contributed by atoms with Crippen LogP contribution in [0.1, 0.15) is 5.56 Å². The van der Waals surface area contributed by atoms with Gasteiger partial charge in [-0.2, -0.15) is 5.10 Å². The van der Waals surface area contributed by atoms with E-state index in [1.54, 1.807) is 12.5 Å². The summed E-state index contributed by atoms with van der Waals surface area (Å²) < 4.78 is 7.22. The van der Waals surface area contributed by atoms with Crippen molar-refractivity contribution in [3.05, 3.63) is 53.6 Å². The van der Waals surface area contributed by atoms with Crippen LogP contribution in [0.2, 0.25) is 5.02 Å². The first-order valence-electron chi connectivity index (χ1n) is 6.49. The molecule has 0 unspecified atom stereocenters.